The van der Waals surface area contributed by atoms with Crippen molar-refractivity contribution < 1.29 is 35.9 Å². The minimum atomic E-state index is -4.68. The summed E-state index contributed by atoms with van der Waals surface area (Å²) in [6.45, 7) is 4.04. The smallest absolute Gasteiger partial charge is 0.406 e. The first kappa shape index (κ1) is 45.4. The molecular formula is C50H42ClF6N7O2. The largest absolute Gasteiger partial charge is 0.573 e. The summed E-state index contributed by atoms with van der Waals surface area (Å²) in [5.74, 6) is 0.560. The van der Waals surface area contributed by atoms with Crippen LogP contribution < -0.4 is 20.3 Å². The maximum atomic E-state index is 13.0. The molecule has 8 aromatic rings. The van der Waals surface area contributed by atoms with E-state index >= 15 is 0 Å². The number of imidazole rings is 1. The van der Waals surface area contributed by atoms with Gasteiger partial charge in [-0.2, -0.15) is 13.2 Å². The minimum absolute atomic E-state index is 0.200. The van der Waals surface area contributed by atoms with Crippen LogP contribution in [0.4, 0.5) is 43.5 Å². The fourth-order valence-corrected chi connectivity index (χ4v) is 8.08. The van der Waals surface area contributed by atoms with Crippen LogP contribution in [0.1, 0.15) is 58.6 Å². The van der Waals surface area contributed by atoms with Crippen LogP contribution in [-0.4, -0.2) is 44.7 Å². The van der Waals surface area contributed by atoms with Crippen LogP contribution in [0.2, 0.25) is 5.02 Å². The number of alkyl halides is 6. The van der Waals surface area contributed by atoms with E-state index in [0.29, 0.717) is 46.3 Å². The number of halogens is 7. The van der Waals surface area contributed by atoms with Crippen molar-refractivity contribution in [1.29, 1.82) is 0 Å². The molecule has 1 fully saturated rings. The Bertz CT molecular complexity index is 2930. The molecule has 4 heterocycles. The second-order valence-corrected chi connectivity index (χ2v) is 16.0. The van der Waals surface area contributed by atoms with Crippen LogP contribution in [0.25, 0.3) is 27.7 Å². The second-order valence-electron chi connectivity index (χ2n) is 15.6. The average molecular weight is 922 g/mol. The summed E-state index contributed by atoms with van der Waals surface area (Å²) in [5, 5.41) is 7.65. The van der Waals surface area contributed by atoms with Gasteiger partial charge in [-0.05, 0) is 120 Å². The Morgan fingerprint density at radius 1 is 0.803 bits per heavy atom. The minimum Gasteiger partial charge on any atom is -0.406 e. The monoisotopic (exact) mass is 921 g/mol. The summed E-state index contributed by atoms with van der Waals surface area (Å²) in [5.41, 5.74) is 7.19. The number of carbonyl (C=O) groups is 1. The SMILES string of the molecule is CCc1nc2ccc(Cl)cn2c1C(=O)NCc1ccc(N2CCC(c3ccc(OC(F)(F)F)cc3)CC2)cc1.FC(F)(F)c1cccc(-c2ccc(Nc3ncnc4ccccc34)cc2)c1. The number of fused-ring (bicyclic) bond motifs is 2. The summed E-state index contributed by atoms with van der Waals surface area (Å²) >= 11 is 6.14. The van der Waals surface area contributed by atoms with Gasteiger partial charge in [0.1, 0.15) is 29.2 Å². The van der Waals surface area contributed by atoms with Crippen molar-refractivity contribution in [1.82, 2.24) is 24.7 Å². The number of hydrogen-bond acceptors (Lipinski definition) is 7. The number of ether oxygens (including phenoxy) is 1. The van der Waals surface area contributed by atoms with E-state index in [1.54, 1.807) is 53.1 Å². The quantitative estimate of drug-likeness (QED) is 0.132. The van der Waals surface area contributed by atoms with Gasteiger partial charge < -0.3 is 20.3 Å². The predicted molar refractivity (Wildman–Crippen MR) is 244 cm³/mol. The third-order valence-electron chi connectivity index (χ3n) is 11.3. The van der Waals surface area contributed by atoms with Crippen molar-refractivity contribution in [2.75, 3.05) is 23.3 Å². The lowest BCUT2D eigenvalue weighted by atomic mass is 9.89. The van der Waals surface area contributed by atoms with Crippen LogP contribution in [0, 0.1) is 0 Å². The van der Waals surface area contributed by atoms with Gasteiger partial charge in [0.2, 0.25) is 0 Å². The van der Waals surface area contributed by atoms with Gasteiger partial charge >= 0.3 is 12.5 Å². The number of rotatable bonds is 10. The zero-order valence-electron chi connectivity index (χ0n) is 35.4. The van der Waals surface area contributed by atoms with Crippen molar-refractivity contribution in [2.45, 2.75) is 51.2 Å². The predicted octanol–water partition coefficient (Wildman–Crippen LogP) is 12.8. The molecule has 5 aromatic carbocycles. The van der Waals surface area contributed by atoms with Crippen LogP contribution in [-0.2, 0) is 19.1 Å². The standard InChI is InChI=1S/C29H28ClF3N4O2.C21H14F3N3/c1-2-25-27(37-18-22(30)7-12-26(37)35-25)28(38)34-17-19-3-8-23(9-4-19)36-15-13-21(14-16-36)20-5-10-24(11-6-20)39-29(31,32)33;22-21(23,24)16-5-3-4-15(12-16)14-8-10-17(11-9-14)27-20-18-6-1-2-7-19(18)25-13-26-20/h3-12,18,21H,2,13-17H2,1H3,(H,34,38);1-13H,(H,25,26,27). The van der Waals surface area contributed by atoms with Gasteiger partial charge in [0.25, 0.3) is 5.91 Å². The van der Waals surface area contributed by atoms with Crippen LogP contribution in [0.15, 0.2) is 146 Å². The Kier molecular flexibility index (Phi) is 13.5. The maximum Gasteiger partial charge on any atom is 0.573 e. The number of piperidine rings is 1. The van der Waals surface area contributed by atoms with E-state index in [0.717, 1.165) is 77.2 Å². The van der Waals surface area contributed by atoms with E-state index in [-0.39, 0.29) is 17.6 Å². The van der Waals surface area contributed by atoms with Crippen LogP contribution >= 0.6 is 11.6 Å². The summed E-state index contributed by atoms with van der Waals surface area (Å²) in [6, 6.07) is 38.0. The fourth-order valence-electron chi connectivity index (χ4n) is 7.92. The molecule has 0 unspecified atom stereocenters. The first-order chi connectivity index (χ1) is 31.7. The van der Waals surface area contributed by atoms with E-state index in [4.69, 9.17) is 11.6 Å². The number of aromatic nitrogens is 4. The molecular weight excluding hydrogens is 880 g/mol. The molecule has 9 nitrogen and oxygen atoms in total. The summed E-state index contributed by atoms with van der Waals surface area (Å²) in [6.07, 6.45) is -3.41. The van der Waals surface area contributed by atoms with Crippen molar-refractivity contribution in [2.24, 2.45) is 0 Å². The summed E-state index contributed by atoms with van der Waals surface area (Å²) < 4.78 is 81.6. The van der Waals surface area contributed by atoms with E-state index < -0.39 is 18.1 Å². The molecule has 3 aromatic heterocycles. The van der Waals surface area contributed by atoms with Gasteiger partial charge in [-0.15, -0.1) is 13.2 Å². The zero-order valence-corrected chi connectivity index (χ0v) is 36.1. The summed E-state index contributed by atoms with van der Waals surface area (Å²) in [4.78, 5) is 28.4. The molecule has 2 N–H and O–H groups in total. The molecule has 1 saturated heterocycles. The number of pyridine rings is 1. The number of hydrogen-bond donors (Lipinski definition) is 2. The lowest BCUT2D eigenvalue weighted by molar-refractivity contribution is -0.274. The number of aryl methyl sites for hydroxylation is 1. The van der Waals surface area contributed by atoms with Gasteiger partial charge in [-0.1, -0.05) is 79.2 Å². The van der Waals surface area contributed by atoms with Crippen LogP contribution in [0.5, 0.6) is 5.75 Å². The molecule has 1 aliphatic heterocycles. The lowest BCUT2D eigenvalue weighted by Gasteiger charge is -2.34. The van der Waals surface area contributed by atoms with Crippen molar-refractivity contribution in [3.05, 3.63) is 179 Å². The highest BCUT2D eigenvalue weighted by molar-refractivity contribution is 6.30. The second kappa shape index (κ2) is 19.5. The van der Waals surface area contributed by atoms with Gasteiger partial charge in [0.05, 0.1) is 21.8 Å². The molecule has 16 heteroatoms. The Morgan fingerprint density at radius 2 is 1.53 bits per heavy atom. The van der Waals surface area contributed by atoms with Crippen molar-refractivity contribution >= 4 is 51.3 Å². The van der Waals surface area contributed by atoms with E-state index in [1.807, 2.05) is 55.5 Å². The molecule has 0 atom stereocenters. The molecule has 0 saturated carbocycles. The lowest BCUT2D eigenvalue weighted by Crippen LogP contribution is -2.32. The van der Waals surface area contributed by atoms with Crippen molar-refractivity contribution in [3.8, 4) is 16.9 Å². The highest BCUT2D eigenvalue weighted by Gasteiger charge is 2.32. The van der Waals surface area contributed by atoms with Gasteiger partial charge in [-0.3, -0.25) is 9.20 Å². The summed E-state index contributed by atoms with van der Waals surface area (Å²) in [7, 11) is 0. The Hall–Kier alpha value is -7.13. The molecule has 1 amide bonds. The first-order valence-electron chi connectivity index (χ1n) is 21.1. The topological polar surface area (TPSA) is 96.7 Å². The molecule has 0 spiro atoms. The van der Waals surface area contributed by atoms with Gasteiger partial charge in [0, 0.05) is 42.6 Å². The first-order valence-corrected chi connectivity index (χ1v) is 21.5. The number of nitrogens with one attached hydrogen (secondary N) is 2. The normalized spacial score (nSPS) is 13.3. The maximum absolute atomic E-state index is 13.0. The molecule has 1 aliphatic rings. The number of carbonyl (C=O) groups excluding carboxylic acids is 1. The van der Waals surface area contributed by atoms with Crippen molar-refractivity contribution in [3.63, 3.8) is 0 Å². The Balaban J connectivity index is 0.000000192. The zero-order chi connectivity index (χ0) is 46.4. The highest BCUT2D eigenvalue weighted by atomic mass is 35.5. The average Bonchev–Trinajstić information content (AvgIpc) is 3.69. The third-order valence-corrected chi connectivity index (χ3v) is 11.5. The highest BCUT2D eigenvalue weighted by Crippen LogP contribution is 2.34. The van der Waals surface area contributed by atoms with E-state index in [2.05, 4.69) is 47.4 Å². The number of benzene rings is 5. The van der Waals surface area contributed by atoms with E-state index in [9.17, 15) is 31.1 Å². The molecule has 0 aliphatic carbocycles. The Morgan fingerprint density at radius 3 is 2.23 bits per heavy atom. The molecule has 0 radical (unpaired) electrons. The molecule has 9 rings (SSSR count). The van der Waals surface area contributed by atoms with Crippen LogP contribution in [0.3, 0.4) is 0 Å². The van der Waals surface area contributed by atoms with Gasteiger partial charge in [-0.25, -0.2) is 15.0 Å². The Labute approximate surface area is 381 Å². The molecule has 66 heavy (non-hydrogen) atoms. The molecule has 338 valence electrons. The number of nitrogens with zero attached hydrogens (tertiary/aromatic N) is 5. The number of anilines is 3. The fraction of sp³-hybridized carbons (Fsp3) is 0.200. The van der Waals surface area contributed by atoms with Gasteiger partial charge in [0.15, 0.2) is 0 Å². The number of para-hydroxylation sites is 1. The third kappa shape index (κ3) is 11.0. The number of amides is 1. The van der Waals surface area contributed by atoms with E-state index in [1.165, 1.54) is 24.5 Å². The molecule has 0 bridgehead atoms.